The summed E-state index contributed by atoms with van der Waals surface area (Å²) in [5.41, 5.74) is 0.861. The summed E-state index contributed by atoms with van der Waals surface area (Å²) in [5, 5.41) is -0.552. The molecule has 1 heterocycles. The molecule has 1 amide bonds. The second kappa shape index (κ2) is 8.08. The number of halogens is 1. The largest absolute Gasteiger partial charge is 0.497 e. The second-order valence-electron chi connectivity index (χ2n) is 6.61. The van der Waals surface area contributed by atoms with Crippen LogP contribution in [0.1, 0.15) is 18.4 Å². The molecular weight excluding hydrogens is 369 g/mol. The number of methoxy groups -OCH3 is 1. The van der Waals surface area contributed by atoms with Crippen molar-refractivity contribution < 1.29 is 22.3 Å². The average molecular weight is 391 g/mol. The van der Waals surface area contributed by atoms with Gasteiger partial charge in [0, 0.05) is 13.1 Å². The van der Waals surface area contributed by atoms with Gasteiger partial charge in [0.15, 0.2) is 9.84 Å². The van der Waals surface area contributed by atoms with E-state index in [1.54, 1.807) is 12.0 Å². The molecule has 27 heavy (non-hydrogen) atoms. The van der Waals surface area contributed by atoms with Crippen molar-refractivity contribution in [1.29, 1.82) is 0 Å². The Morgan fingerprint density at radius 1 is 1.15 bits per heavy atom. The highest BCUT2D eigenvalue weighted by Crippen LogP contribution is 2.25. The Morgan fingerprint density at radius 3 is 2.44 bits per heavy atom. The fourth-order valence-electron chi connectivity index (χ4n) is 3.30. The summed E-state index contributed by atoms with van der Waals surface area (Å²) in [6.07, 6.45) is 1.01. The van der Waals surface area contributed by atoms with Crippen LogP contribution >= 0.6 is 0 Å². The lowest BCUT2D eigenvalue weighted by molar-refractivity contribution is -0.131. The van der Waals surface area contributed by atoms with Crippen LogP contribution in [0, 0.1) is 5.82 Å². The predicted octanol–water partition coefficient (Wildman–Crippen LogP) is 2.84. The van der Waals surface area contributed by atoms with E-state index in [1.807, 2.05) is 24.3 Å². The zero-order valence-electron chi connectivity index (χ0n) is 15.1. The molecule has 0 aromatic heterocycles. The molecule has 1 aliphatic rings. The lowest BCUT2D eigenvalue weighted by Gasteiger charge is -2.32. The van der Waals surface area contributed by atoms with Gasteiger partial charge in [-0.2, -0.15) is 0 Å². The van der Waals surface area contributed by atoms with Crippen LogP contribution in [-0.4, -0.2) is 44.7 Å². The minimum Gasteiger partial charge on any atom is -0.497 e. The molecule has 1 fully saturated rings. The van der Waals surface area contributed by atoms with Crippen LogP contribution in [0.25, 0.3) is 0 Å². The van der Waals surface area contributed by atoms with Crippen molar-refractivity contribution >= 4 is 15.7 Å². The summed E-state index contributed by atoms with van der Waals surface area (Å²) in [4.78, 5) is 14.4. The van der Waals surface area contributed by atoms with Crippen LogP contribution in [0.2, 0.25) is 0 Å². The van der Waals surface area contributed by atoms with E-state index in [2.05, 4.69) is 0 Å². The van der Waals surface area contributed by atoms with Gasteiger partial charge in [0.05, 0.1) is 23.7 Å². The molecule has 0 unspecified atom stereocenters. The van der Waals surface area contributed by atoms with Crippen LogP contribution in [-0.2, 0) is 21.1 Å². The van der Waals surface area contributed by atoms with Crippen molar-refractivity contribution in [2.45, 2.75) is 29.4 Å². The fourth-order valence-corrected chi connectivity index (χ4v) is 5.03. The molecule has 0 N–H and O–H groups in total. The summed E-state index contributed by atoms with van der Waals surface area (Å²) in [6.45, 7) is 0.793. The smallest absolute Gasteiger partial charge is 0.226 e. The maximum Gasteiger partial charge on any atom is 0.226 e. The standard InChI is InChI=1S/C20H22FNO4S/c1-26-17-4-2-3-15(13-17)14-20(23)22-11-9-19(10-12-22)27(24,25)18-7-5-16(21)6-8-18/h2-8,13,19H,9-12,14H2,1H3. The third kappa shape index (κ3) is 4.47. The molecule has 2 aromatic rings. The number of hydrogen-bond acceptors (Lipinski definition) is 4. The van der Waals surface area contributed by atoms with Gasteiger partial charge in [0.1, 0.15) is 11.6 Å². The normalized spacial score (nSPS) is 15.6. The SMILES string of the molecule is COc1cccc(CC(=O)N2CCC(S(=O)(=O)c3ccc(F)cc3)CC2)c1. The van der Waals surface area contributed by atoms with Gasteiger partial charge in [0.25, 0.3) is 0 Å². The highest BCUT2D eigenvalue weighted by Gasteiger charge is 2.32. The number of ether oxygens (including phenoxy) is 1. The van der Waals surface area contributed by atoms with Crippen molar-refractivity contribution in [3.63, 3.8) is 0 Å². The average Bonchev–Trinajstić information content (AvgIpc) is 2.68. The van der Waals surface area contributed by atoms with E-state index in [-0.39, 0.29) is 17.2 Å². The van der Waals surface area contributed by atoms with Gasteiger partial charge in [0.2, 0.25) is 5.91 Å². The van der Waals surface area contributed by atoms with Gasteiger partial charge >= 0.3 is 0 Å². The van der Waals surface area contributed by atoms with Crippen LogP contribution in [0.15, 0.2) is 53.4 Å². The van der Waals surface area contributed by atoms with Crippen LogP contribution in [0.5, 0.6) is 5.75 Å². The van der Waals surface area contributed by atoms with Crippen LogP contribution in [0.3, 0.4) is 0 Å². The Kier molecular flexibility index (Phi) is 5.79. The van der Waals surface area contributed by atoms with Crippen molar-refractivity contribution in [3.8, 4) is 5.75 Å². The number of hydrogen-bond donors (Lipinski definition) is 0. The first-order valence-electron chi connectivity index (χ1n) is 8.80. The van der Waals surface area contributed by atoms with E-state index in [4.69, 9.17) is 4.74 Å². The second-order valence-corrected chi connectivity index (χ2v) is 8.84. The number of benzene rings is 2. The zero-order valence-corrected chi connectivity index (χ0v) is 15.9. The first kappa shape index (κ1) is 19.4. The van der Waals surface area contributed by atoms with E-state index in [1.165, 1.54) is 12.1 Å². The molecule has 0 aliphatic carbocycles. The Hall–Kier alpha value is -2.41. The Labute approximate surface area is 158 Å². The van der Waals surface area contributed by atoms with Gasteiger partial charge in [-0.25, -0.2) is 12.8 Å². The Morgan fingerprint density at radius 2 is 1.81 bits per heavy atom. The summed E-state index contributed by atoms with van der Waals surface area (Å²) in [5.74, 6) is 0.206. The maximum absolute atomic E-state index is 13.0. The number of likely N-dealkylation sites (tertiary alicyclic amines) is 1. The number of carbonyl (C=O) groups is 1. The number of sulfone groups is 1. The molecule has 0 bridgehead atoms. The van der Waals surface area contributed by atoms with E-state index in [0.29, 0.717) is 31.7 Å². The summed E-state index contributed by atoms with van der Waals surface area (Å²) >= 11 is 0. The van der Waals surface area contributed by atoms with Gasteiger partial charge in [-0.3, -0.25) is 4.79 Å². The number of carbonyl (C=O) groups excluding carboxylic acids is 1. The van der Waals surface area contributed by atoms with Gasteiger partial charge in [-0.15, -0.1) is 0 Å². The van der Waals surface area contributed by atoms with Crippen molar-refractivity contribution in [1.82, 2.24) is 4.90 Å². The number of amides is 1. The summed E-state index contributed by atoms with van der Waals surface area (Å²) < 4.78 is 43.6. The molecule has 5 nitrogen and oxygen atoms in total. The number of rotatable bonds is 5. The summed E-state index contributed by atoms with van der Waals surface area (Å²) in [7, 11) is -1.94. The molecular formula is C20H22FNO4S. The van der Waals surface area contributed by atoms with Crippen LogP contribution in [0.4, 0.5) is 4.39 Å². The van der Waals surface area contributed by atoms with E-state index in [9.17, 15) is 17.6 Å². The third-order valence-corrected chi connectivity index (χ3v) is 7.14. The minimum atomic E-state index is -3.52. The predicted molar refractivity (Wildman–Crippen MR) is 99.9 cm³/mol. The topological polar surface area (TPSA) is 63.7 Å². The molecule has 7 heteroatoms. The highest BCUT2D eigenvalue weighted by atomic mass is 32.2. The van der Waals surface area contributed by atoms with Crippen molar-refractivity contribution in [3.05, 3.63) is 59.9 Å². The zero-order chi connectivity index (χ0) is 19.4. The Bertz CT molecular complexity index is 904. The molecule has 0 radical (unpaired) electrons. The molecule has 1 aliphatic heterocycles. The minimum absolute atomic E-state index is 0.0270. The molecule has 0 atom stereocenters. The molecule has 1 saturated heterocycles. The maximum atomic E-state index is 13.0. The van der Waals surface area contributed by atoms with Crippen molar-refractivity contribution in [2.75, 3.05) is 20.2 Å². The van der Waals surface area contributed by atoms with E-state index in [0.717, 1.165) is 17.7 Å². The van der Waals surface area contributed by atoms with Crippen molar-refractivity contribution in [2.24, 2.45) is 0 Å². The van der Waals surface area contributed by atoms with Gasteiger partial charge in [-0.1, -0.05) is 12.1 Å². The lowest BCUT2D eigenvalue weighted by atomic mass is 10.1. The third-order valence-electron chi connectivity index (χ3n) is 4.87. The Balaban J connectivity index is 1.61. The fraction of sp³-hybridized carbons (Fsp3) is 0.350. The molecule has 144 valence electrons. The van der Waals surface area contributed by atoms with E-state index >= 15 is 0 Å². The lowest BCUT2D eigenvalue weighted by Crippen LogP contribution is -2.43. The molecule has 0 spiro atoms. The van der Waals surface area contributed by atoms with Crippen LogP contribution < -0.4 is 4.74 Å². The highest BCUT2D eigenvalue weighted by molar-refractivity contribution is 7.92. The monoisotopic (exact) mass is 391 g/mol. The first-order chi connectivity index (χ1) is 12.9. The van der Waals surface area contributed by atoms with Gasteiger partial charge in [-0.05, 0) is 54.8 Å². The molecule has 0 saturated carbocycles. The number of piperidine rings is 1. The summed E-state index contributed by atoms with van der Waals surface area (Å²) in [6, 6.07) is 12.2. The molecule has 2 aromatic carbocycles. The van der Waals surface area contributed by atoms with E-state index < -0.39 is 20.9 Å². The molecule has 3 rings (SSSR count). The first-order valence-corrected chi connectivity index (χ1v) is 10.3. The van der Waals surface area contributed by atoms with Gasteiger partial charge < -0.3 is 9.64 Å². The number of nitrogens with zero attached hydrogens (tertiary/aromatic N) is 1. The quantitative estimate of drug-likeness (QED) is 0.736.